The van der Waals surface area contributed by atoms with Crippen LogP contribution in [0.2, 0.25) is 0 Å². The van der Waals surface area contributed by atoms with Crippen LogP contribution in [0.25, 0.3) is 0 Å². The van der Waals surface area contributed by atoms with Gasteiger partial charge in [0, 0.05) is 0 Å². The smallest absolute Gasteiger partial charge is 0.339 e. The number of furan rings is 1. The minimum absolute atomic E-state index is 0.00829. The summed E-state index contributed by atoms with van der Waals surface area (Å²) in [5, 5.41) is 8.27. The van der Waals surface area contributed by atoms with Crippen LogP contribution in [-0.2, 0) is 15.6 Å². The van der Waals surface area contributed by atoms with Crippen LogP contribution in [0.5, 0.6) is 0 Å². The fourth-order valence-corrected chi connectivity index (χ4v) is 2.06. The number of rotatable bonds is 4. The summed E-state index contributed by atoms with van der Waals surface area (Å²) in [5.41, 5.74) is 0.00829. The van der Waals surface area contributed by atoms with Crippen molar-refractivity contribution in [3.63, 3.8) is 0 Å². The molecule has 0 radical (unpaired) electrons. The third-order valence-electron chi connectivity index (χ3n) is 2.26. The van der Waals surface area contributed by atoms with Crippen LogP contribution < -0.4 is 0 Å². The average molecular weight is 246 g/mol. The zero-order valence-electron chi connectivity index (χ0n) is 9.35. The number of carboxylic acid groups (broad SMARTS) is 1. The van der Waals surface area contributed by atoms with Crippen molar-refractivity contribution < 1.29 is 22.7 Å². The van der Waals surface area contributed by atoms with E-state index >= 15 is 0 Å². The molecule has 1 heterocycles. The summed E-state index contributed by atoms with van der Waals surface area (Å²) in [6.07, 6.45) is 0. The molecule has 0 amide bonds. The van der Waals surface area contributed by atoms with Gasteiger partial charge in [0.05, 0.1) is 5.25 Å². The summed E-state index contributed by atoms with van der Waals surface area (Å²) in [5.74, 6) is -0.988. The Morgan fingerprint density at radius 3 is 2.44 bits per heavy atom. The van der Waals surface area contributed by atoms with Gasteiger partial charge in [-0.1, -0.05) is 0 Å². The van der Waals surface area contributed by atoms with Gasteiger partial charge in [-0.25, -0.2) is 13.2 Å². The van der Waals surface area contributed by atoms with Gasteiger partial charge in [-0.15, -0.1) is 0 Å². The predicted molar refractivity (Wildman–Crippen MR) is 58.2 cm³/mol. The lowest BCUT2D eigenvalue weighted by Gasteiger charge is -2.04. The molecule has 0 aromatic carbocycles. The molecule has 0 aliphatic heterocycles. The summed E-state index contributed by atoms with van der Waals surface area (Å²) in [7, 11) is -3.27. The molecule has 0 fully saturated rings. The second-order valence-corrected chi connectivity index (χ2v) is 6.40. The molecule has 90 valence electrons. The molecular formula is C10H14O5S. The van der Waals surface area contributed by atoms with Gasteiger partial charge in [0.1, 0.15) is 22.8 Å². The fraction of sp³-hybridized carbons (Fsp3) is 0.500. The van der Waals surface area contributed by atoms with E-state index in [9.17, 15) is 13.2 Å². The first kappa shape index (κ1) is 12.8. The maximum absolute atomic E-state index is 11.6. The highest BCUT2D eigenvalue weighted by molar-refractivity contribution is 7.91. The highest BCUT2D eigenvalue weighted by atomic mass is 32.2. The predicted octanol–water partition coefficient (Wildman–Crippen LogP) is 1.61. The van der Waals surface area contributed by atoms with E-state index in [0.717, 1.165) is 0 Å². The number of aryl methyl sites for hydroxylation is 1. The van der Waals surface area contributed by atoms with Crippen molar-refractivity contribution in [3.8, 4) is 0 Å². The first-order chi connectivity index (χ1) is 7.24. The average Bonchev–Trinajstić information content (AvgIpc) is 2.45. The second-order valence-electron chi connectivity index (χ2n) is 3.84. The Bertz CT molecular complexity index is 495. The fourth-order valence-electron chi connectivity index (χ4n) is 1.19. The standard InChI is InChI=1S/C10H14O5S/c1-6(2)16(13,14)5-8-4-9(10(11)12)7(3)15-8/h4,6H,5H2,1-3H3,(H,11,12). The Labute approximate surface area is 94.0 Å². The molecule has 1 rings (SSSR count). The first-order valence-electron chi connectivity index (χ1n) is 4.78. The van der Waals surface area contributed by atoms with E-state index in [4.69, 9.17) is 9.52 Å². The van der Waals surface area contributed by atoms with Gasteiger partial charge in [-0.05, 0) is 26.8 Å². The van der Waals surface area contributed by atoms with Crippen LogP contribution in [0.15, 0.2) is 10.5 Å². The molecule has 6 heteroatoms. The maximum Gasteiger partial charge on any atom is 0.339 e. The zero-order chi connectivity index (χ0) is 12.5. The van der Waals surface area contributed by atoms with Crippen LogP contribution in [0.3, 0.4) is 0 Å². The van der Waals surface area contributed by atoms with Gasteiger partial charge in [0.25, 0.3) is 0 Å². The topological polar surface area (TPSA) is 84.6 Å². The molecule has 16 heavy (non-hydrogen) atoms. The van der Waals surface area contributed by atoms with Crippen molar-refractivity contribution in [2.45, 2.75) is 31.8 Å². The molecule has 5 nitrogen and oxygen atoms in total. The van der Waals surface area contributed by atoms with Gasteiger partial charge >= 0.3 is 5.97 Å². The van der Waals surface area contributed by atoms with Gasteiger partial charge < -0.3 is 9.52 Å². The number of sulfone groups is 1. The monoisotopic (exact) mass is 246 g/mol. The zero-order valence-corrected chi connectivity index (χ0v) is 10.2. The van der Waals surface area contributed by atoms with E-state index in [1.54, 1.807) is 13.8 Å². The van der Waals surface area contributed by atoms with Gasteiger partial charge in [-0.3, -0.25) is 0 Å². The molecule has 1 aromatic heterocycles. The minimum atomic E-state index is -3.27. The van der Waals surface area contributed by atoms with E-state index in [0.29, 0.717) is 0 Å². The highest BCUT2D eigenvalue weighted by Crippen LogP contribution is 2.18. The number of carbonyl (C=O) groups is 1. The SMILES string of the molecule is Cc1oc(CS(=O)(=O)C(C)C)cc1C(=O)O. The Morgan fingerprint density at radius 2 is 2.06 bits per heavy atom. The molecule has 0 aliphatic carbocycles. The Hall–Kier alpha value is -1.30. The lowest BCUT2D eigenvalue weighted by molar-refractivity contribution is 0.0695. The largest absolute Gasteiger partial charge is 0.478 e. The van der Waals surface area contributed by atoms with Crippen molar-refractivity contribution in [2.24, 2.45) is 0 Å². The molecular weight excluding hydrogens is 232 g/mol. The number of hydrogen-bond donors (Lipinski definition) is 1. The summed E-state index contributed by atoms with van der Waals surface area (Å²) >= 11 is 0. The first-order valence-corrected chi connectivity index (χ1v) is 6.49. The van der Waals surface area contributed by atoms with Crippen LogP contribution in [-0.4, -0.2) is 24.7 Å². The van der Waals surface area contributed by atoms with E-state index in [1.807, 2.05) is 0 Å². The number of aromatic carboxylic acids is 1. The molecule has 0 unspecified atom stereocenters. The van der Waals surface area contributed by atoms with Gasteiger partial charge in [-0.2, -0.15) is 0 Å². The van der Waals surface area contributed by atoms with Crippen molar-refractivity contribution in [3.05, 3.63) is 23.2 Å². The normalized spacial score (nSPS) is 12.0. The van der Waals surface area contributed by atoms with Gasteiger partial charge in [0.15, 0.2) is 9.84 Å². The summed E-state index contributed by atoms with van der Waals surface area (Å²) in [6, 6.07) is 1.26. The van der Waals surface area contributed by atoms with Crippen molar-refractivity contribution in [2.75, 3.05) is 0 Å². The molecule has 0 bridgehead atoms. The summed E-state index contributed by atoms with van der Waals surface area (Å²) in [4.78, 5) is 10.7. The van der Waals surface area contributed by atoms with Gasteiger partial charge in [0.2, 0.25) is 0 Å². The quantitative estimate of drug-likeness (QED) is 0.872. The minimum Gasteiger partial charge on any atom is -0.478 e. The highest BCUT2D eigenvalue weighted by Gasteiger charge is 2.21. The second kappa shape index (κ2) is 4.29. The third-order valence-corrected chi connectivity index (χ3v) is 4.38. The summed E-state index contributed by atoms with van der Waals surface area (Å²) < 4.78 is 28.3. The van der Waals surface area contributed by atoms with E-state index < -0.39 is 21.1 Å². The van der Waals surface area contributed by atoms with Crippen LogP contribution in [0, 0.1) is 6.92 Å². The molecule has 0 aliphatic rings. The van der Waals surface area contributed by atoms with Crippen molar-refractivity contribution in [1.82, 2.24) is 0 Å². The lowest BCUT2D eigenvalue weighted by Crippen LogP contribution is -2.15. The Kier molecular flexibility index (Phi) is 3.42. The molecule has 1 aromatic rings. The van der Waals surface area contributed by atoms with Crippen molar-refractivity contribution in [1.29, 1.82) is 0 Å². The summed E-state index contributed by atoms with van der Waals surface area (Å²) in [6.45, 7) is 4.64. The molecule has 0 saturated heterocycles. The number of carboxylic acids is 1. The lowest BCUT2D eigenvalue weighted by atomic mass is 10.2. The van der Waals surface area contributed by atoms with E-state index in [1.165, 1.54) is 13.0 Å². The van der Waals surface area contributed by atoms with Crippen LogP contribution >= 0.6 is 0 Å². The van der Waals surface area contributed by atoms with Crippen LogP contribution in [0.4, 0.5) is 0 Å². The van der Waals surface area contributed by atoms with E-state index in [2.05, 4.69) is 0 Å². The third kappa shape index (κ3) is 2.63. The Balaban J connectivity index is 3.01. The van der Waals surface area contributed by atoms with Crippen LogP contribution in [0.1, 0.15) is 35.7 Å². The van der Waals surface area contributed by atoms with E-state index in [-0.39, 0.29) is 22.8 Å². The molecule has 1 N–H and O–H groups in total. The Morgan fingerprint density at radius 1 is 1.50 bits per heavy atom. The molecule has 0 saturated carbocycles. The molecule has 0 atom stereocenters. The maximum atomic E-state index is 11.6. The number of hydrogen-bond acceptors (Lipinski definition) is 4. The van der Waals surface area contributed by atoms with Crippen molar-refractivity contribution >= 4 is 15.8 Å². The molecule has 0 spiro atoms.